The van der Waals surface area contributed by atoms with Gasteiger partial charge >= 0.3 is 0 Å². The second kappa shape index (κ2) is 6.42. The third-order valence-corrected chi connectivity index (χ3v) is 3.64. The zero-order chi connectivity index (χ0) is 17.1. The summed E-state index contributed by atoms with van der Waals surface area (Å²) in [4.78, 5) is 15.1. The molecule has 5 nitrogen and oxygen atoms in total. The summed E-state index contributed by atoms with van der Waals surface area (Å²) in [5.74, 6) is -0.981. The SMILES string of the molecule is Cc1ccc(Nc2cccc(-c3cnc(C(N)=O)c(O)c3)c2)cc1. The number of primary amides is 1. The number of carbonyl (C=O) groups excluding carboxylic acids is 1. The van der Waals surface area contributed by atoms with Gasteiger partial charge in [0, 0.05) is 23.1 Å². The van der Waals surface area contributed by atoms with Gasteiger partial charge in [0.1, 0.15) is 5.75 Å². The summed E-state index contributed by atoms with van der Waals surface area (Å²) in [6, 6.07) is 17.3. The standard InChI is InChI=1S/C19H17N3O2/c1-12-5-7-15(8-6-12)22-16-4-2-3-13(9-16)14-10-17(23)18(19(20)24)21-11-14/h2-11,22-23H,1H3,(H2,20,24). The van der Waals surface area contributed by atoms with E-state index < -0.39 is 5.91 Å². The molecule has 0 aliphatic carbocycles. The maximum absolute atomic E-state index is 11.1. The van der Waals surface area contributed by atoms with E-state index in [2.05, 4.69) is 10.3 Å². The highest BCUT2D eigenvalue weighted by Crippen LogP contribution is 2.27. The molecule has 0 aliphatic rings. The number of rotatable bonds is 4. The number of hydrogen-bond donors (Lipinski definition) is 3. The molecule has 24 heavy (non-hydrogen) atoms. The number of benzene rings is 2. The average Bonchev–Trinajstić information content (AvgIpc) is 2.57. The van der Waals surface area contributed by atoms with E-state index >= 15 is 0 Å². The third-order valence-electron chi connectivity index (χ3n) is 3.64. The molecule has 5 heteroatoms. The Balaban J connectivity index is 1.89. The van der Waals surface area contributed by atoms with Crippen LogP contribution in [0.1, 0.15) is 16.1 Å². The molecule has 3 rings (SSSR count). The van der Waals surface area contributed by atoms with E-state index in [0.717, 1.165) is 16.9 Å². The fraction of sp³-hybridized carbons (Fsp3) is 0.0526. The Kier molecular flexibility index (Phi) is 4.16. The number of nitrogens with two attached hydrogens (primary N) is 1. The number of carbonyl (C=O) groups is 1. The maximum atomic E-state index is 11.1. The Morgan fingerprint density at radius 2 is 1.79 bits per heavy atom. The first kappa shape index (κ1) is 15.6. The van der Waals surface area contributed by atoms with Crippen LogP contribution in [-0.2, 0) is 0 Å². The summed E-state index contributed by atoms with van der Waals surface area (Å²) in [6.07, 6.45) is 1.52. The Morgan fingerprint density at radius 3 is 2.46 bits per heavy atom. The molecule has 0 aliphatic heterocycles. The predicted octanol–water partition coefficient (Wildman–Crippen LogP) is 3.61. The van der Waals surface area contributed by atoms with Crippen molar-refractivity contribution >= 4 is 17.3 Å². The number of aryl methyl sites for hydroxylation is 1. The summed E-state index contributed by atoms with van der Waals surface area (Å²) in [6.45, 7) is 2.04. The van der Waals surface area contributed by atoms with Crippen LogP contribution < -0.4 is 11.1 Å². The van der Waals surface area contributed by atoms with Crippen molar-refractivity contribution in [2.45, 2.75) is 6.92 Å². The first-order chi connectivity index (χ1) is 11.5. The molecular weight excluding hydrogens is 302 g/mol. The predicted molar refractivity (Wildman–Crippen MR) is 94.3 cm³/mol. The second-order valence-electron chi connectivity index (χ2n) is 5.53. The molecule has 0 unspecified atom stereocenters. The monoisotopic (exact) mass is 319 g/mol. The normalized spacial score (nSPS) is 10.4. The minimum Gasteiger partial charge on any atom is -0.505 e. The molecule has 120 valence electrons. The fourth-order valence-corrected chi connectivity index (χ4v) is 2.38. The first-order valence-electron chi connectivity index (χ1n) is 7.46. The molecule has 0 atom stereocenters. The van der Waals surface area contributed by atoms with Crippen molar-refractivity contribution in [2.75, 3.05) is 5.32 Å². The lowest BCUT2D eigenvalue weighted by Crippen LogP contribution is -2.13. The van der Waals surface area contributed by atoms with E-state index in [1.165, 1.54) is 17.8 Å². The van der Waals surface area contributed by atoms with Gasteiger partial charge in [-0.3, -0.25) is 4.79 Å². The van der Waals surface area contributed by atoms with Crippen LogP contribution in [-0.4, -0.2) is 16.0 Å². The number of amides is 1. The minimum absolute atomic E-state index is 0.132. The third kappa shape index (κ3) is 3.35. The van der Waals surface area contributed by atoms with Crippen LogP contribution in [0.15, 0.2) is 60.8 Å². The second-order valence-corrected chi connectivity index (χ2v) is 5.53. The quantitative estimate of drug-likeness (QED) is 0.685. The molecule has 2 aromatic carbocycles. The van der Waals surface area contributed by atoms with Gasteiger partial charge in [-0.2, -0.15) is 0 Å². The van der Waals surface area contributed by atoms with Gasteiger partial charge in [-0.1, -0.05) is 29.8 Å². The summed E-state index contributed by atoms with van der Waals surface area (Å²) >= 11 is 0. The van der Waals surface area contributed by atoms with Gasteiger partial charge in [0.05, 0.1) is 0 Å². The Bertz CT molecular complexity index is 889. The van der Waals surface area contributed by atoms with Gasteiger partial charge in [-0.15, -0.1) is 0 Å². The minimum atomic E-state index is -0.756. The summed E-state index contributed by atoms with van der Waals surface area (Å²) in [7, 11) is 0. The summed E-state index contributed by atoms with van der Waals surface area (Å²) in [5.41, 5.74) is 9.69. The maximum Gasteiger partial charge on any atom is 0.271 e. The van der Waals surface area contributed by atoms with Gasteiger partial charge in [0.2, 0.25) is 0 Å². The van der Waals surface area contributed by atoms with Gasteiger partial charge < -0.3 is 16.2 Å². The largest absolute Gasteiger partial charge is 0.505 e. The molecule has 1 aromatic heterocycles. The molecular formula is C19H17N3O2. The summed E-state index contributed by atoms with van der Waals surface area (Å²) < 4.78 is 0. The molecule has 0 radical (unpaired) electrons. The van der Waals surface area contributed by atoms with E-state index in [4.69, 9.17) is 5.73 Å². The van der Waals surface area contributed by atoms with Gasteiger partial charge in [-0.05, 0) is 42.8 Å². The molecule has 1 heterocycles. The molecule has 0 saturated carbocycles. The number of hydrogen-bond acceptors (Lipinski definition) is 4. The zero-order valence-corrected chi connectivity index (χ0v) is 13.2. The Labute approximate surface area is 139 Å². The highest BCUT2D eigenvalue weighted by molar-refractivity contribution is 5.94. The molecule has 0 spiro atoms. The van der Waals surface area contributed by atoms with Crippen molar-refractivity contribution in [3.8, 4) is 16.9 Å². The van der Waals surface area contributed by atoms with Crippen molar-refractivity contribution in [3.63, 3.8) is 0 Å². The highest BCUT2D eigenvalue weighted by atomic mass is 16.3. The molecule has 0 bridgehead atoms. The Morgan fingerprint density at radius 1 is 1.04 bits per heavy atom. The lowest BCUT2D eigenvalue weighted by atomic mass is 10.1. The number of pyridine rings is 1. The Hall–Kier alpha value is -3.34. The van der Waals surface area contributed by atoms with Crippen molar-refractivity contribution in [1.29, 1.82) is 0 Å². The lowest BCUT2D eigenvalue weighted by Gasteiger charge is -2.09. The van der Waals surface area contributed by atoms with E-state index in [1.807, 2.05) is 55.5 Å². The average molecular weight is 319 g/mol. The van der Waals surface area contributed by atoms with Gasteiger partial charge in [-0.25, -0.2) is 4.98 Å². The van der Waals surface area contributed by atoms with Crippen LogP contribution in [0.2, 0.25) is 0 Å². The van der Waals surface area contributed by atoms with Gasteiger partial charge in [0.25, 0.3) is 5.91 Å². The van der Waals surface area contributed by atoms with Crippen LogP contribution in [0.25, 0.3) is 11.1 Å². The van der Waals surface area contributed by atoms with E-state index in [0.29, 0.717) is 5.56 Å². The first-order valence-corrected chi connectivity index (χ1v) is 7.46. The molecule has 3 aromatic rings. The number of aromatic nitrogens is 1. The zero-order valence-electron chi connectivity index (χ0n) is 13.2. The van der Waals surface area contributed by atoms with Crippen molar-refractivity contribution < 1.29 is 9.90 Å². The molecule has 0 saturated heterocycles. The molecule has 4 N–H and O–H groups in total. The number of nitrogens with one attached hydrogen (secondary N) is 1. The van der Waals surface area contributed by atoms with Crippen molar-refractivity contribution in [3.05, 3.63) is 72.1 Å². The summed E-state index contributed by atoms with van der Waals surface area (Å²) in [5, 5.41) is 13.2. The van der Waals surface area contributed by atoms with Crippen molar-refractivity contribution in [2.24, 2.45) is 5.73 Å². The molecule has 0 fully saturated rings. The smallest absolute Gasteiger partial charge is 0.271 e. The number of nitrogens with zero attached hydrogens (tertiary/aromatic N) is 1. The van der Waals surface area contributed by atoms with E-state index in [1.54, 1.807) is 0 Å². The lowest BCUT2D eigenvalue weighted by molar-refractivity contribution is 0.0993. The van der Waals surface area contributed by atoms with E-state index in [-0.39, 0.29) is 11.4 Å². The fourth-order valence-electron chi connectivity index (χ4n) is 2.38. The van der Waals surface area contributed by atoms with Crippen LogP contribution in [0.5, 0.6) is 5.75 Å². The molecule has 1 amide bonds. The van der Waals surface area contributed by atoms with Crippen LogP contribution in [0.3, 0.4) is 0 Å². The number of anilines is 2. The van der Waals surface area contributed by atoms with Crippen LogP contribution in [0.4, 0.5) is 11.4 Å². The van der Waals surface area contributed by atoms with Crippen LogP contribution >= 0.6 is 0 Å². The van der Waals surface area contributed by atoms with Crippen molar-refractivity contribution in [1.82, 2.24) is 4.98 Å². The van der Waals surface area contributed by atoms with Gasteiger partial charge in [0.15, 0.2) is 5.69 Å². The topological polar surface area (TPSA) is 88.2 Å². The highest BCUT2D eigenvalue weighted by Gasteiger charge is 2.11. The van der Waals surface area contributed by atoms with E-state index in [9.17, 15) is 9.90 Å². The number of aromatic hydroxyl groups is 1. The van der Waals surface area contributed by atoms with Crippen LogP contribution in [0, 0.1) is 6.92 Å².